The summed E-state index contributed by atoms with van der Waals surface area (Å²) in [5, 5.41) is 9.22. The van der Waals surface area contributed by atoms with Gasteiger partial charge in [0.05, 0.1) is 6.61 Å². The molecule has 1 aliphatic heterocycles. The van der Waals surface area contributed by atoms with E-state index in [2.05, 4.69) is 25.7 Å². The van der Waals surface area contributed by atoms with E-state index in [0.717, 1.165) is 32.4 Å². The molecule has 0 bridgehead atoms. The largest absolute Gasteiger partial charge is 0.394 e. The van der Waals surface area contributed by atoms with Crippen molar-refractivity contribution < 1.29 is 5.11 Å². The lowest BCUT2D eigenvalue weighted by molar-refractivity contribution is 0.132. The number of likely N-dealkylation sites (tertiary alicyclic amines) is 1. The van der Waals surface area contributed by atoms with Gasteiger partial charge >= 0.3 is 0 Å². The van der Waals surface area contributed by atoms with Crippen LogP contribution in [0.15, 0.2) is 0 Å². The van der Waals surface area contributed by atoms with E-state index in [4.69, 9.17) is 5.73 Å². The second-order valence-corrected chi connectivity index (χ2v) is 5.53. The van der Waals surface area contributed by atoms with E-state index in [1.165, 1.54) is 0 Å². The molecule has 0 saturated carbocycles. The van der Waals surface area contributed by atoms with Crippen molar-refractivity contribution >= 4 is 0 Å². The summed E-state index contributed by atoms with van der Waals surface area (Å²) in [5.41, 5.74) is 5.98. The summed E-state index contributed by atoms with van der Waals surface area (Å²) in [6, 6.07) is 0. The Morgan fingerprint density at radius 2 is 1.93 bits per heavy atom. The molecular weight excluding hydrogens is 176 g/mol. The van der Waals surface area contributed by atoms with Crippen LogP contribution in [-0.2, 0) is 0 Å². The predicted octanol–water partition coefficient (Wildman–Crippen LogP) is 0.961. The predicted molar refractivity (Wildman–Crippen MR) is 59.2 cm³/mol. The highest BCUT2D eigenvalue weighted by Crippen LogP contribution is 2.24. The average Bonchev–Trinajstić information content (AvgIpc) is 2.27. The molecule has 1 fully saturated rings. The first-order chi connectivity index (χ1) is 6.37. The highest BCUT2D eigenvalue weighted by molar-refractivity contribution is 4.90. The van der Waals surface area contributed by atoms with Crippen molar-refractivity contribution in [3.8, 4) is 0 Å². The van der Waals surface area contributed by atoms with Gasteiger partial charge in [-0.25, -0.2) is 0 Å². The lowest BCUT2D eigenvalue weighted by Gasteiger charge is -2.35. The van der Waals surface area contributed by atoms with Gasteiger partial charge in [0.1, 0.15) is 0 Å². The molecule has 1 unspecified atom stereocenters. The molecule has 14 heavy (non-hydrogen) atoms. The third kappa shape index (κ3) is 2.94. The smallest absolute Gasteiger partial charge is 0.0611 e. The van der Waals surface area contributed by atoms with Crippen LogP contribution in [0.4, 0.5) is 0 Å². The molecule has 1 saturated heterocycles. The minimum Gasteiger partial charge on any atom is -0.394 e. The van der Waals surface area contributed by atoms with Gasteiger partial charge in [-0.3, -0.25) is 4.90 Å². The molecule has 3 N–H and O–H groups in total. The molecule has 0 aliphatic carbocycles. The first kappa shape index (κ1) is 12.0. The third-order valence-electron chi connectivity index (χ3n) is 3.25. The van der Waals surface area contributed by atoms with Gasteiger partial charge in [0.15, 0.2) is 0 Å². The van der Waals surface area contributed by atoms with Crippen molar-refractivity contribution in [2.45, 2.75) is 51.1 Å². The first-order valence-electron chi connectivity index (χ1n) is 5.52. The van der Waals surface area contributed by atoms with Gasteiger partial charge < -0.3 is 10.8 Å². The number of hydrogen-bond donors (Lipinski definition) is 2. The minimum atomic E-state index is -0.333. The zero-order chi connectivity index (χ0) is 10.8. The molecule has 1 rings (SSSR count). The zero-order valence-corrected chi connectivity index (χ0v) is 9.71. The Labute approximate surface area is 87.3 Å². The van der Waals surface area contributed by atoms with Crippen LogP contribution in [0, 0.1) is 0 Å². The standard InChI is InChI=1S/C11H24N2O/c1-10(2,3)13-7-4-5-11(12,9-14)6-8-13/h14H,4-9,12H2,1-3H3. The Morgan fingerprint density at radius 1 is 1.29 bits per heavy atom. The fourth-order valence-corrected chi connectivity index (χ4v) is 2.05. The average molecular weight is 200 g/mol. The number of aliphatic hydroxyl groups is 1. The normalized spacial score (nSPS) is 31.5. The van der Waals surface area contributed by atoms with Crippen molar-refractivity contribution in [3.05, 3.63) is 0 Å². The molecular formula is C11H24N2O. The number of aliphatic hydroxyl groups excluding tert-OH is 1. The van der Waals surface area contributed by atoms with E-state index in [9.17, 15) is 5.11 Å². The van der Waals surface area contributed by atoms with Gasteiger partial charge in [-0.15, -0.1) is 0 Å². The van der Waals surface area contributed by atoms with Crippen LogP contribution in [0.2, 0.25) is 0 Å². The molecule has 1 heterocycles. The zero-order valence-electron chi connectivity index (χ0n) is 9.71. The molecule has 3 heteroatoms. The van der Waals surface area contributed by atoms with E-state index < -0.39 is 0 Å². The Balaban J connectivity index is 2.57. The minimum absolute atomic E-state index is 0.116. The van der Waals surface area contributed by atoms with Gasteiger partial charge in [-0.1, -0.05) is 0 Å². The third-order valence-corrected chi connectivity index (χ3v) is 3.25. The summed E-state index contributed by atoms with van der Waals surface area (Å²) in [5.74, 6) is 0. The molecule has 84 valence electrons. The number of nitrogens with zero attached hydrogens (tertiary/aromatic N) is 1. The maximum absolute atomic E-state index is 9.22. The van der Waals surface area contributed by atoms with Crippen LogP contribution in [0.5, 0.6) is 0 Å². The van der Waals surface area contributed by atoms with E-state index in [1.807, 2.05) is 0 Å². The van der Waals surface area contributed by atoms with Crippen LogP contribution in [0.1, 0.15) is 40.0 Å². The van der Waals surface area contributed by atoms with Crippen LogP contribution in [0.25, 0.3) is 0 Å². The summed E-state index contributed by atoms with van der Waals surface area (Å²) in [6.45, 7) is 8.91. The molecule has 0 radical (unpaired) electrons. The van der Waals surface area contributed by atoms with Gasteiger partial charge in [0.25, 0.3) is 0 Å². The highest BCUT2D eigenvalue weighted by Gasteiger charge is 2.31. The molecule has 1 aliphatic rings. The lowest BCUT2D eigenvalue weighted by atomic mass is 9.93. The van der Waals surface area contributed by atoms with Crippen LogP contribution >= 0.6 is 0 Å². The fraction of sp³-hybridized carbons (Fsp3) is 1.00. The van der Waals surface area contributed by atoms with E-state index in [-0.39, 0.29) is 17.7 Å². The second kappa shape index (κ2) is 4.17. The molecule has 0 amide bonds. The molecule has 0 aromatic carbocycles. The van der Waals surface area contributed by atoms with Gasteiger partial charge in [0.2, 0.25) is 0 Å². The number of hydrogen-bond acceptors (Lipinski definition) is 3. The van der Waals surface area contributed by atoms with Crippen LogP contribution in [-0.4, -0.2) is 40.8 Å². The van der Waals surface area contributed by atoms with Crippen LogP contribution < -0.4 is 5.73 Å². The Kier molecular flexibility index (Phi) is 3.56. The Hall–Kier alpha value is -0.120. The maximum atomic E-state index is 9.22. The second-order valence-electron chi connectivity index (χ2n) is 5.53. The first-order valence-corrected chi connectivity index (χ1v) is 5.52. The lowest BCUT2D eigenvalue weighted by Crippen LogP contribution is -2.46. The summed E-state index contributed by atoms with van der Waals surface area (Å²) in [4.78, 5) is 2.46. The SMILES string of the molecule is CC(C)(C)N1CCCC(N)(CO)CC1. The van der Waals surface area contributed by atoms with Crippen molar-refractivity contribution in [2.75, 3.05) is 19.7 Å². The monoisotopic (exact) mass is 200 g/mol. The van der Waals surface area contributed by atoms with Crippen molar-refractivity contribution in [3.63, 3.8) is 0 Å². The summed E-state index contributed by atoms with van der Waals surface area (Å²) < 4.78 is 0. The molecule has 0 aromatic heterocycles. The maximum Gasteiger partial charge on any atom is 0.0611 e. The Bertz CT molecular complexity index is 188. The van der Waals surface area contributed by atoms with Crippen molar-refractivity contribution in [1.82, 2.24) is 4.90 Å². The van der Waals surface area contributed by atoms with E-state index in [0.29, 0.717) is 0 Å². The highest BCUT2D eigenvalue weighted by atomic mass is 16.3. The van der Waals surface area contributed by atoms with Crippen molar-refractivity contribution in [1.29, 1.82) is 0 Å². The summed E-state index contributed by atoms with van der Waals surface area (Å²) >= 11 is 0. The number of rotatable bonds is 1. The summed E-state index contributed by atoms with van der Waals surface area (Å²) in [7, 11) is 0. The van der Waals surface area contributed by atoms with Crippen molar-refractivity contribution in [2.24, 2.45) is 5.73 Å². The quantitative estimate of drug-likeness (QED) is 0.663. The molecule has 0 aromatic rings. The molecule has 3 nitrogen and oxygen atoms in total. The van der Waals surface area contributed by atoms with Gasteiger partial charge in [-0.05, 0) is 46.6 Å². The Morgan fingerprint density at radius 3 is 2.43 bits per heavy atom. The fourth-order valence-electron chi connectivity index (χ4n) is 2.05. The number of nitrogens with two attached hydrogens (primary N) is 1. The molecule has 0 spiro atoms. The van der Waals surface area contributed by atoms with E-state index >= 15 is 0 Å². The molecule has 1 atom stereocenters. The summed E-state index contributed by atoms with van der Waals surface area (Å²) in [6.07, 6.45) is 2.94. The van der Waals surface area contributed by atoms with Gasteiger partial charge in [-0.2, -0.15) is 0 Å². The topological polar surface area (TPSA) is 49.5 Å². The van der Waals surface area contributed by atoms with E-state index in [1.54, 1.807) is 0 Å². The van der Waals surface area contributed by atoms with Gasteiger partial charge in [0, 0.05) is 17.6 Å². The van der Waals surface area contributed by atoms with Crippen LogP contribution in [0.3, 0.4) is 0 Å².